The van der Waals surface area contributed by atoms with Crippen LogP contribution in [0.15, 0.2) is 11.0 Å². The van der Waals surface area contributed by atoms with E-state index >= 15 is 0 Å². The lowest BCUT2D eigenvalue weighted by Crippen LogP contribution is -2.18. The molecule has 3 heterocycles. The smallest absolute Gasteiger partial charge is 0.260 e. The van der Waals surface area contributed by atoms with E-state index in [-0.39, 0.29) is 5.56 Å². The number of rotatable bonds is 2. The maximum absolute atomic E-state index is 12.2. The third-order valence-corrected chi connectivity index (χ3v) is 4.12. The van der Waals surface area contributed by atoms with Crippen molar-refractivity contribution in [2.24, 2.45) is 5.73 Å². The Morgan fingerprint density at radius 2 is 2.39 bits per heavy atom. The van der Waals surface area contributed by atoms with Gasteiger partial charge in [0.05, 0.1) is 5.39 Å². The molecule has 0 atom stereocenters. The number of pyridine rings is 1. The number of hydrogen-bond donors (Lipinski definition) is 2. The molecule has 94 valence electrons. The summed E-state index contributed by atoms with van der Waals surface area (Å²) in [5.41, 5.74) is 8.23. The van der Waals surface area contributed by atoms with E-state index in [4.69, 9.17) is 5.73 Å². The Labute approximate surface area is 108 Å². The summed E-state index contributed by atoms with van der Waals surface area (Å²) < 4.78 is 0. The number of hydrogen-bond acceptors (Lipinski definition) is 5. The normalized spacial score (nSPS) is 14.7. The quantitative estimate of drug-likeness (QED) is 0.828. The van der Waals surface area contributed by atoms with E-state index in [0.29, 0.717) is 29.8 Å². The molecule has 1 aliphatic rings. The predicted molar refractivity (Wildman–Crippen MR) is 72.8 cm³/mol. The van der Waals surface area contributed by atoms with E-state index < -0.39 is 0 Å². The summed E-state index contributed by atoms with van der Waals surface area (Å²) in [6, 6.07) is 0. The average Bonchev–Trinajstić information content (AvgIpc) is 2.38. The van der Waals surface area contributed by atoms with Crippen molar-refractivity contribution in [3.63, 3.8) is 0 Å². The van der Waals surface area contributed by atoms with Gasteiger partial charge in [0.1, 0.15) is 5.82 Å². The molecule has 5 nitrogen and oxygen atoms in total. The van der Waals surface area contributed by atoms with Gasteiger partial charge in [-0.3, -0.25) is 4.79 Å². The summed E-state index contributed by atoms with van der Waals surface area (Å²) >= 11 is 1.87. The fraction of sp³-hybridized carbons (Fsp3) is 0.417. The van der Waals surface area contributed by atoms with Crippen LogP contribution < -0.4 is 11.3 Å². The van der Waals surface area contributed by atoms with Crippen molar-refractivity contribution in [2.45, 2.75) is 18.6 Å². The molecule has 2 aromatic rings. The molecule has 0 radical (unpaired) electrons. The fourth-order valence-electron chi connectivity index (χ4n) is 2.27. The van der Waals surface area contributed by atoms with Gasteiger partial charge in [0, 0.05) is 18.4 Å². The van der Waals surface area contributed by atoms with E-state index in [1.54, 1.807) is 0 Å². The van der Waals surface area contributed by atoms with E-state index in [9.17, 15) is 4.79 Å². The molecule has 0 amide bonds. The van der Waals surface area contributed by atoms with Gasteiger partial charge in [0.15, 0.2) is 5.65 Å². The van der Waals surface area contributed by atoms with Crippen LogP contribution in [0.25, 0.3) is 11.0 Å². The van der Waals surface area contributed by atoms with Gasteiger partial charge in [0.2, 0.25) is 0 Å². The molecule has 0 unspecified atom stereocenters. The molecular formula is C12H14N4OS. The third kappa shape index (κ3) is 1.91. The largest absolute Gasteiger partial charge is 0.330 e. The van der Waals surface area contributed by atoms with Gasteiger partial charge < -0.3 is 10.7 Å². The monoisotopic (exact) mass is 262 g/mol. The highest BCUT2D eigenvalue weighted by Gasteiger charge is 2.17. The Kier molecular flexibility index (Phi) is 3.05. The molecule has 1 aliphatic heterocycles. The molecule has 0 aromatic carbocycles. The van der Waals surface area contributed by atoms with Gasteiger partial charge in [0.25, 0.3) is 5.56 Å². The van der Waals surface area contributed by atoms with Crippen molar-refractivity contribution < 1.29 is 0 Å². The summed E-state index contributed by atoms with van der Waals surface area (Å²) in [5, 5.41) is 0.661. The molecule has 18 heavy (non-hydrogen) atoms. The van der Waals surface area contributed by atoms with Gasteiger partial charge in [-0.15, -0.1) is 0 Å². The number of nitrogens with zero attached hydrogens (tertiary/aromatic N) is 2. The maximum atomic E-state index is 12.2. The van der Waals surface area contributed by atoms with E-state index in [1.165, 1.54) is 0 Å². The molecule has 0 bridgehead atoms. The Bertz CT molecular complexity index is 652. The molecule has 0 saturated carbocycles. The number of aryl methyl sites for hydroxylation is 1. The van der Waals surface area contributed by atoms with Crippen molar-refractivity contribution in [3.8, 4) is 0 Å². The van der Waals surface area contributed by atoms with E-state index in [0.717, 1.165) is 29.1 Å². The van der Waals surface area contributed by atoms with Gasteiger partial charge in [-0.2, -0.15) is 11.8 Å². The van der Waals surface area contributed by atoms with Crippen LogP contribution in [0.1, 0.15) is 17.0 Å². The van der Waals surface area contributed by atoms with Crippen LogP contribution in [0.5, 0.6) is 0 Å². The van der Waals surface area contributed by atoms with Crippen LogP contribution in [0.3, 0.4) is 0 Å². The topological polar surface area (TPSA) is 84.7 Å². The van der Waals surface area contributed by atoms with E-state index in [2.05, 4.69) is 15.0 Å². The van der Waals surface area contributed by atoms with Gasteiger partial charge in [-0.05, 0) is 29.8 Å². The highest BCUT2D eigenvalue weighted by Crippen LogP contribution is 2.27. The highest BCUT2D eigenvalue weighted by molar-refractivity contribution is 7.98. The first-order chi connectivity index (χ1) is 8.79. The first-order valence-electron chi connectivity index (χ1n) is 5.97. The van der Waals surface area contributed by atoms with Crippen molar-refractivity contribution in [2.75, 3.05) is 12.3 Å². The van der Waals surface area contributed by atoms with Crippen LogP contribution in [0.4, 0.5) is 0 Å². The fourth-order valence-corrected chi connectivity index (χ4v) is 3.23. The number of aromatic amines is 1. The minimum atomic E-state index is -0.0836. The van der Waals surface area contributed by atoms with Crippen LogP contribution >= 0.6 is 11.8 Å². The van der Waals surface area contributed by atoms with E-state index in [1.807, 2.05) is 18.0 Å². The number of nitrogens with one attached hydrogen (secondary N) is 1. The van der Waals surface area contributed by atoms with Crippen LogP contribution in [-0.2, 0) is 18.6 Å². The number of aromatic nitrogens is 3. The Morgan fingerprint density at radius 3 is 3.22 bits per heavy atom. The minimum Gasteiger partial charge on any atom is -0.330 e. The average molecular weight is 262 g/mol. The molecule has 6 heteroatoms. The van der Waals surface area contributed by atoms with Crippen LogP contribution in [-0.4, -0.2) is 27.2 Å². The highest BCUT2D eigenvalue weighted by atomic mass is 32.2. The lowest BCUT2D eigenvalue weighted by molar-refractivity contribution is 0.864. The lowest BCUT2D eigenvalue weighted by Gasteiger charge is -2.16. The second kappa shape index (κ2) is 4.70. The molecular weight excluding hydrogens is 248 g/mol. The summed E-state index contributed by atoms with van der Waals surface area (Å²) in [6.45, 7) is 0.468. The Balaban J connectivity index is 2.26. The van der Waals surface area contributed by atoms with Gasteiger partial charge in [-0.25, -0.2) is 9.97 Å². The lowest BCUT2D eigenvalue weighted by atomic mass is 10.0. The van der Waals surface area contributed by atoms with Crippen molar-refractivity contribution in [1.82, 2.24) is 15.0 Å². The minimum absolute atomic E-state index is 0.0836. The Hall–Kier alpha value is -1.40. The van der Waals surface area contributed by atoms with Gasteiger partial charge >= 0.3 is 0 Å². The number of H-pyrrole nitrogens is 1. The number of fused-ring (bicyclic) bond motifs is 3. The summed E-state index contributed by atoms with van der Waals surface area (Å²) in [5.74, 6) is 2.60. The van der Waals surface area contributed by atoms with Crippen molar-refractivity contribution in [1.29, 1.82) is 0 Å². The first-order valence-corrected chi connectivity index (χ1v) is 7.12. The Morgan fingerprint density at radius 1 is 1.50 bits per heavy atom. The van der Waals surface area contributed by atoms with Crippen LogP contribution in [0.2, 0.25) is 0 Å². The van der Waals surface area contributed by atoms with Crippen molar-refractivity contribution >= 4 is 22.8 Å². The second-order valence-electron chi connectivity index (χ2n) is 4.31. The SMILES string of the molecule is NCCc1nc2ncc3c(c2c(=O)[nH]1)CCSC3. The zero-order valence-electron chi connectivity index (χ0n) is 9.90. The second-order valence-corrected chi connectivity index (χ2v) is 5.42. The molecule has 0 fully saturated rings. The summed E-state index contributed by atoms with van der Waals surface area (Å²) in [7, 11) is 0. The molecule has 0 spiro atoms. The molecule has 2 aromatic heterocycles. The molecule has 3 rings (SSSR count). The summed E-state index contributed by atoms with van der Waals surface area (Å²) in [4.78, 5) is 23.7. The standard InChI is InChI=1S/C12H14N4OS/c13-3-1-9-15-11-10(12(17)16-9)8-2-4-18-6-7(8)5-14-11/h5H,1-4,6,13H2,(H,14,15,16,17). The molecule has 3 N–H and O–H groups in total. The molecule has 0 aliphatic carbocycles. The third-order valence-electron chi connectivity index (χ3n) is 3.12. The predicted octanol–water partition coefficient (Wildman–Crippen LogP) is 0.609. The zero-order valence-corrected chi connectivity index (χ0v) is 10.7. The molecule has 0 saturated heterocycles. The van der Waals surface area contributed by atoms with Crippen LogP contribution in [0, 0.1) is 0 Å². The summed E-state index contributed by atoms with van der Waals surface area (Å²) in [6.07, 6.45) is 3.34. The zero-order chi connectivity index (χ0) is 12.5. The van der Waals surface area contributed by atoms with Gasteiger partial charge in [-0.1, -0.05) is 0 Å². The van der Waals surface area contributed by atoms with Crippen molar-refractivity contribution in [3.05, 3.63) is 33.5 Å². The number of thioether (sulfide) groups is 1. The number of nitrogens with two attached hydrogens (primary N) is 1. The first kappa shape index (κ1) is 11.7. The maximum Gasteiger partial charge on any atom is 0.260 e.